The molecule has 34 heavy (non-hydrogen) atoms. The van der Waals surface area contributed by atoms with Crippen molar-refractivity contribution in [2.45, 2.75) is 24.9 Å². The van der Waals surface area contributed by atoms with Crippen molar-refractivity contribution in [1.29, 1.82) is 0 Å². The maximum atomic E-state index is 11.5. The lowest BCUT2D eigenvalue weighted by molar-refractivity contribution is -0.323. The summed E-state index contributed by atoms with van der Waals surface area (Å²) < 4.78 is 6.03. The lowest BCUT2D eigenvalue weighted by Crippen LogP contribution is -2.35. The molecular weight excluding hydrogens is 440 g/mol. The minimum Gasteiger partial charge on any atom is -0.474 e. The monoisotopic (exact) mass is 466 g/mol. The number of benzene rings is 1. The van der Waals surface area contributed by atoms with E-state index in [1.165, 1.54) is 24.4 Å². The van der Waals surface area contributed by atoms with Crippen LogP contribution in [0, 0.1) is 0 Å². The second-order valence-electron chi connectivity index (χ2n) is 8.06. The van der Waals surface area contributed by atoms with Crippen molar-refractivity contribution in [3.63, 3.8) is 0 Å². The maximum Gasteiger partial charge on any atom is 0.304 e. The summed E-state index contributed by atoms with van der Waals surface area (Å²) >= 11 is 0. The van der Waals surface area contributed by atoms with Crippen molar-refractivity contribution in [3.8, 4) is 5.88 Å². The number of aliphatic hydroxyl groups is 3. The molecule has 0 spiro atoms. The van der Waals surface area contributed by atoms with Crippen LogP contribution >= 0.6 is 0 Å². The van der Waals surface area contributed by atoms with Gasteiger partial charge in [0.15, 0.2) is 6.29 Å². The van der Waals surface area contributed by atoms with Gasteiger partial charge in [0.05, 0.1) is 5.56 Å². The van der Waals surface area contributed by atoms with Crippen LogP contribution in [0.4, 0.5) is 23.3 Å². The van der Waals surface area contributed by atoms with E-state index in [9.17, 15) is 20.1 Å². The molecule has 3 heterocycles. The van der Waals surface area contributed by atoms with Gasteiger partial charge in [0.2, 0.25) is 11.8 Å². The number of aromatic nitrogens is 3. The number of hydrogen-bond acceptors (Lipinski definition) is 11. The van der Waals surface area contributed by atoms with E-state index in [0.29, 0.717) is 23.7 Å². The first-order valence-electron chi connectivity index (χ1n) is 10.8. The van der Waals surface area contributed by atoms with Crippen LogP contribution in [0.1, 0.15) is 28.8 Å². The highest BCUT2D eigenvalue weighted by molar-refractivity contribution is 5.83. The topological polar surface area (TPSA) is 153 Å². The van der Waals surface area contributed by atoms with Crippen LogP contribution in [0.25, 0.3) is 0 Å². The van der Waals surface area contributed by atoms with Crippen molar-refractivity contribution < 1.29 is 24.9 Å². The van der Waals surface area contributed by atoms with Gasteiger partial charge in [0.25, 0.3) is 0 Å². The van der Waals surface area contributed by atoms with Crippen molar-refractivity contribution in [2.75, 3.05) is 30.8 Å². The molecule has 5 N–H and O–H groups in total. The number of ether oxygens (including phenoxy) is 1. The summed E-state index contributed by atoms with van der Waals surface area (Å²) in [7, 11) is 2.09. The zero-order chi connectivity index (χ0) is 24.1. The van der Waals surface area contributed by atoms with Gasteiger partial charge in [-0.15, -0.1) is 0 Å². The largest absolute Gasteiger partial charge is 0.474 e. The Labute approximate surface area is 196 Å². The quantitative estimate of drug-likeness (QED) is 0.244. The van der Waals surface area contributed by atoms with E-state index < -0.39 is 5.97 Å². The lowest BCUT2D eigenvalue weighted by atomic mass is 10.1. The smallest absolute Gasteiger partial charge is 0.304 e. The third kappa shape index (κ3) is 6.02. The summed E-state index contributed by atoms with van der Waals surface area (Å²) in [6.45, 7) is 1.95. The van der Waals surface area contributed by atoms with Crippen LogP contribution in [0.15, 0.2) is 48.7 Å². The Morgan fingerprint density at radius 2 is 1.85 bits per heavy atom. The standard InChI is InChI=1S/C23H26N6O5/c1-29-10-8-18(9-11-29)34-20-7-3-6-19(26-20)27-21-15(14-30)13-24-22(28-21)25-17-5-2-4-16(12-17)23(31,32)33/h2-7,12-14,18,31-33H,8-11H2,1H3,(H2,24,25,26,27,28). The minimum atomic E-state index is -2.97. The van der Waals surface area contributed by atoms with Crippen molar-refractivity contribution >= 4 is 29.6 Å². The third-order valence-electron chi connectivity index (χ3n) is 5.37. The number of likely N-dealkylation sites (tertiary alicyclic amines) is 1. The van der Waals surface area contributed by atoms with Gasteiger partial charge in [-0.2, -0.15) is 9.97 Å². The molecule has 2 aromatic heterocycles. The summed E-state index contributed by atoms with van der Waals surface area (Å²) in [6.07, 6.45) is 3.94. The molecule has 1 aliphatic heterocycles. The average molecular weight is 466 g/mol. The Hall–Kier alpha value is -3.64. The van der Waals surface area contributed by atoms with Gasteiger partial charge in [0.1, 0.15) is 17.7 Å². The Morgan fingerprint density at radius 1 is 1.09 bits per heavy atom. The lowest BCUT2D eigenvalue weighted by Gasteiger charge is -2.28. The molecule has 11 nitrogen and oxygen atoms in total. The van der Waals surface area contributed by atoms with Gasteiger partial charge in [-0.25, -0.2) is 4.98 Å². The SMILES string of the molecule is CN1CCC(Oc2cccc(Nc3nc(Nc4cccc(C(O)(O)O)c4)ncc3C=O)n2)CC1. The Balaban J connectivity index is 1.50. The average Bonchev–Trinajstić information content (AvgIpc) is 2.81. The second-order valence-corrected chi connectivity index (χ2v) is 8.06. The van der Waals surface area contributed by atoms with Crippen LogP contribution in [-0.2, 0) is 5.97 Å². The van der Waals surface area contributed by atoms with Gasteiger partial charge in [-0.05, 0) is 38.1 Å². The number of aldehydes is 1. The third-order valence-corrected chi connectivity index (χ3v) is 5.37. The molecule has 0 aliphatic carbocycles. The fraction of sp³-hybridized carbons (Fsp3) is 0.304. The molecule has 0 unspecified atom stereocenters. The van der Waals surface area contributed by atoms with Gasteiger partial charge in [-0.3, -0.25) is 4.79 Å². The van der Waals surface area contributed by atoms with E-state index in [2.05, 4.69) is 37.5 Å². The molecule has 0 saturated carbocycles. The highest BCUT2D eigenvalue weighted by Gasteiger charge is 2.22. The molecule has 1 fully saturated rings. The molecular formula is C23H26N6O5. The predicted molar refractivity (Wildman–Crippen MR) is 124 cm³/mol. The van der Waals surface area contributed by atoms with Gasteiger partial charge >= 0.3 is 5.97 Å². The zero-order valence-corrected chi connectivity index (χ0v) is 18.5. The van der Waals surface area contributed by atoms with E-state index in [1.807, 2.05) is 0 Å². The number of nitrogens with one attached hydrogen (secondary N) is 2. The van der Waals surface area contributed by atoms with Gasteiger partial charge in [-0.1, -0.05) is 18.2 Å². The highest BCUT2D eigenvalue weighted by Crippen LogP contribution is 2.24. The minimum absolute atomic E-state index is 0.102. The molecule has 4 rings (SSSR count). The fourth-order valence-electron chi connectivity index (χ4n) is 3.52. The molecule has 1 aromatic carbocycles. The Bertz CT molecular complexity index is 1140. The molecule has 178 valence electrons. The highest BCUT2D eigenvalue weighted by atomic mass is 16.7. The summed E-state index contributed by atoms with van der Waals surface area (Å²) in [4.78, 5) is 26.7. The van der Waals surface area contributed by atoms with Crippen molar-refractivity contribution in [3.05, 3.63) is 59.8 Å². The molecule has 0 atom stereocenters. The van der Waals surface area contributed by atoms with E-state index in [1.54, 1.807) is 24.3 Å². The first-order valence-corrected chi connectivity index (χ1v) is 10.8. The van der Waals surface area contributed by atoms with Gasteiger partial charge < -0.3 is 35.6 Å². The van der Waals surface area contributed by atoms with Crippen LogP contribution in [0.2, 0.25) is 0 Å². The second kappa shape index (κ2) is 10.1. The first kappa shape index (κ1) is 23.5. The Morgan fingerprint density at radius 3 is 2.59 bits per heavy atom. The van der Waals surface area contributed by atoms with E-state index in [0.717, 1.165) is 25.9 Å². The number of rotatable bonds is 8. The summed E-state index contributed by atoms with van der Waals surface area (Å²) in [5.74, 6) is -1.67. The number of carbonyl (C=O) groups excluding carboxylic acids is 1. The number of hydrogen-bond donors (Lipinski definition) is 5. The first-order chi connectivity index (χ1) is 16.3. The van der Waals surface area contributed by atoms with E-state index in [4.69, 9.17) is 4.74 Å². The molecule has 0 amide bonds. The van der Waals surface area contributed by atoms with Crippen LogP contribution in [0.3, 0.4) is 0 Å². The molecule has 1 saturated heterocycles. The molecule has 11 heteroatoms. The van der Waals surface area contributed by atoms with Crippen molar-refractivity contribution in [1.82, 2.24) is 19.9 Å². The van der Waals surface area contributed by atoms with Crippen LogP contribution in [-0.4, -0.2) is 67.7 Å². The van der Waals surface area contributed by atoms with Gasteiger partial charge in [0, 0.05) is 36.6 Å². The molecule has 0 bridgehead atoms. The van der Waals surface area contributed by atoms with Crippen LogP contribution < -0.4 is 15.4 Å². The zero-order valence-electron chi connectivity index (χ0n) is 18.5. The van der Waals surface area contributed by atoms with Crippen LogP contribution in [0.5, 0.6) is 5.88 Å². The Kier molecular flexibility index (Phi) is 6.98. The number of anilines is 4. The van der Waals surface area contributed by atoms with E-state index >= 15 is 0 Å². The number of piperidine rings is 1. The molecule has 1 aliphatic rings. The summed E-state index contributed by atoms with van der Waals surface area (Å²) in [6, 6.07) is 11.2. The van der Waals surface area contributed by atoms with E-state index in [-0.39, 0.29) is 29.0 Å². The summed E-state index contributed by atoms with van der Waals surface area (Å²) in [5.41, 5.74) is 0.490. The van der Waals surface area contributed by atoms with Crippen molar-refractivity contribution in [2.24, 2.45) is 0 Å². The summed E-state index contributed by atoms with van der Waals surface area (Å²) in [5, 5.41) is 34.1. The number of nitrogens with zero attached hydrogens (tertiary/aromatic N) is 4. The normalized spacial score (nSPS) is 15.1. The number of pyridine rings is 1. The fourth-order valence-corrected chi connectivity index (χ4v) is 3.52. The predicted octanol–water partition coefficient (Wildman–Crippen LogP) is 1.73. The molecule has 3 aromatic rings. The maximum absolute atomic E-state index is 11.5. The molecule has 0 radical (unpaired) electrons. The number of carbonyl (C=O) groups is 1.